The fourth-order valence-corrected chi connectivity index (χ4v) is 3.46. The standard InChI is InChI=1S/C19H25Cl2N7/c1-3-28-8-6-13(7-9-28)24-17-10-12(2)23-19(26-17)27-18(22)25-14-4-5-15(20)16(21)11-14/h4-5,10-11,13H,3,6-9H2,1-2H3,(H4,22,23,24,25,26,27). The van der Waals surface area contributed by atoms with Gasteiger partial charge in [0, 0.05) is 36.6 Å². The van der Waals surface area contributed by atoms with E-state index in [0.29, 0.717) is 27.7 Å². The van der Waals surface area contributed by atoms with Crippen LogP contribution in [0, 0.1) is 12.3 Å². The molecule has 0 aliphatic carbocycles. The molecule has 0 bridgehead atoms. The number of guanidine groups is 1. The van der Waals surface area contributed by atoms with Gasteiger partial charge in [0.25, 0.3) is 0 Å². The number of anilines is 3. The van der Waals surface area contributed by atoms with Gasteiger partial charge in [-0.3, -0.25) is 10.7 Å². The summed E-state index contributed by atoms with van der Waals surface area (Å²) in [6, 6.07) is 7.41. The van der Waals surface area contributed by atoms with Crippen molar-refractivity contribution in [3.63, 3.8) is 0 Å². The number of hydrogen-bond acceptors (Lipinski definition) is 5. The number of rotatable bonds is 5. The highest BCUT2D eigenvalue weighted by molar-refractivity contribution is 6.42. The van der Waals surface area contributed by atoms with E-state index in [-0.39, 0.29) is 5.96 Å². The topological polar surface area (TPSA) is 89.0 Å². The molecular weight excluding hydrogens is 397 g/mol. The molecule has 1 aromatic heterocycles. The second-order valence-electron chi connectivity index (χ2n) is 6.82. The number of nitrogens with one attached hydrogen (secondary N) is 4. The summed E-state index contributed by atoms with van der Waals surface area (Å²) in [5.41, 5.74) is 1.48. The van der Waals surface area contributed by atoms with Crippen molar-refractivity contribution in [2.45, 2.75) is 32.7 Å². The molecule has 1 fully saturated rings. The van der Waals surface area contributed by atoms with E-state index in [1.54, 1.807) is 18.2 Å². The third-order valence-electron chi connectivity index (χ3n) is 4.67. The molecule has 1 saturated heterocycles. The average Bonchev–Trinajstić information content (AvgIpc) is 2.65. The van der Waals surface area contributed by atoms with Crippen LogP contribution in [0.3, 0.4) is 0 Å². The molecule has 4 N–H and O–H groups in total. The van der Waals surface area contributed by atoms with Crippen molar-refractivity contribution in [3.05, 3.63) is 40.0 Å². The predicted molar refractivity (Wildman–Crippen MR) is 117 cm³/mol. The smallest absolute Gasteiger partial charge is 0.231 e. The number of aromatic nitrogens is 2. The van der Waals surface area contributed by atoms with Gasteiger partial charge in [0.15, 0.2) is 5.96 Å². The van der Waals surface area contributed by atoms with Crippen LogP contribution in [0.5, 0.6) is 0 Å². The molecule has 7 nitrogen and oxygen atoms in total. The minimum atomic E-state index is 0.0474. The van der Waals surface area contributed by atoms with E-state index in [2.05, 4.69) is 37.7 Å². The zero-order valence-corrected chi connectivity index (χ0v) is 17.5. The first-order chi connectivity index (χ1) is 13.4. The zero-order valence-electron chi connectivity index (χ0n) is 16.0. The van der Waals surface area contributed by atoms with Crippen LogP contribution < -0.4 is 16.0 Å². The van der Waals surface area contributed by atoms with E-state index >= 15 is 0 Å². The minimum Gasteiger partial charge on any atom is -0.367 e. The monoisotopic (exact) mass is 421 g/mol. The highest BCUT2D eigenvalue weighted by atomic mass is 35.5. The summed E-state index contributed by atoms with van der Waals surface area (Å²) in [5.74, 6) is 1.18. The maximum absolute atomic E-state index is 8.12. The Labute approximate surface area is 175 Å². The molecule has 28 heavy (non-hydrogen) atoms. The van der Waals surface area contributed by atoms with Crippen LogP contribution in [0.25, 0.3) is 0 Å². The fraction of sp³-hybridized carbons (Fsp3) is 0.421. The van der Waals surface area contributed by atoms with Crippen LogP contribution in [0.2, 0.25) is 10.0 Å². The van der Waals surface area contributed by atoms with Crippen molar-refractivity contribution in [1.82, 2.24) is 14.9 Å². The number of benzene rings is 1. The average molecular weight is 422 g/mol. The van der Waals surface area contributed by atoms with E-state index in [1.807, 2.05) is 13.0 Å². The third-order valence-corrected chi connectivity index (χ3v) is 5.41. The Kier molecular flexibility index (Phi) is 6.93. The van der Waals surface area contributed by atoms with Gasteiger partial charge < -0.3 is 15.5 Å². The first kappa shape index (κ1) is 20.6. The number of hydrogen-bond donors (Lipinski definition) is 4. The Morgan fingerprint density at radius 1 is 1.14 bits per heavy atom. The van der Waals surface area contributed by atoms with Gasteiger partial charge in [-0.1, -0.05) is 30.1 Å². The molecule has 0 saturated carbocycles. The highest BCUT2D eigenvalue weighted by Gasteiger charge is 2.18. The number of nitrogens with zero attached hydrogens (tertiary/aromatic N) is 3. The van der Waals surface area contributed by atoms with Gasteiger partial charge in [0.05, 0.1) is 10.0 Å². The predicted octanol–water partition coefficient (Wildman–Crippen LogP) is 4.45. The van der Waals surface area contributed by atoms with Crippen molar-refractivity contribution >= 4 is 46.6 Å². The van der Waals surface area contributed by atoms with Crippen molar-refractivity contribution in [2.75, 3.05) is 35.6 Å². The van der Waals surface area contributed by atoms with Gasteiger partial charge in [-0.05, 0) is 44.5 Å². The second-order valence-corrected chi connectivity index (χ2v) is 7.64. The van der Waals surface area contributed by atoms with Gasteiger partial charge in [-0.25, -0.2) is 4.98 Å². The summed E-state index contributed by atoms with van der Waals surface area (Å²) in [7, 11) is 0. The Balaban J connectivity index is 1.61. The van der Waals surface area contributed by atoms with Crippen molar-refractivity contribution in [3.8, 4) is 0 Å². The summed E-state index contributed by atoms with van der Waals surface area (Å²) in [6.07, 6.45) is 2.18. The fourth-order valence-electron chi connectivity index (χ4n) is 3.16. The largest absolute Gasteiger partial charge is 0.367 e. The molecule has 1 aliphatic rings. The number of likely N-dealkylation sites (tertiary alicyclic amines) is 1. The van der Waals surface area contributed by atoms with Crippen molar-refractivity contribution in [2.24, 2.45) is 0 Å². The Bertz CT molecular complexity index is 835. The molecule has 150 valence electrons. The molecular formula is C19H25Cl2N7. The third kappa shape index (κ3) is 5.70. The van der Waals surface area contributed by atoms with Gasteiger partial charge in [-0.2, -0.15) is 4.98 Å². The van der Waals surface area contributed by atoms with E-state index < -0.39 is 0 Å². The summed E-state index contributed by atoms with van der Waals surface area (Å²) in [4.78, 5) is 11.3. The molecule has 2 heterocycles. The van der Waals surface area contributed by atoms with E-state index in [1.165, 1.54) is 0 Å². The van der Waals surface area contributed by atoms with Gasteiger partial charge in [0.2, 0.25) is 5.95 Å². The van der Waals surface area contributed by atoms with Gasteiger partial charge >= 0.3 is 0 Å². The minimum absolute atomic E-state index is 0.0474. The lowest BCUT2D eigenvalue weighted by Crippen LogP contribution is -2.39. The Hall–Kier alpha value is -2.09. The molecule has 3 rings (SSSR count). The lowest BCUT2D eigenvalue weighted by Gasteiger charge is -2.31. The Morgan fingerprint density at radius 3 is 2.57 bits per heavy atom. The quantitative estimate of drug-likeness (QED) is 0.421. The van der Waals surface area contributed by atoms with E-state index in [0.717, 1.165) is 44.0 Å². The summed E-state index contributed by atoms with van der Waals surface area (Å²) < 4.78 is 0. The first-order valence-electron chi connectivity index (χ1n) is 9.35. The van der Waals surface area contributed by atoms with Crippen LogP contribution in [0.15, 0.2) is 24.3 Å². The molecule has 2 aromatic rings. The van der Waals surface area contributed by atoms with Gasteiger partial charge in [0.1, 0.15) is 5.82 Å². The van der Waals surface area contributed by atoms with Crippen molar-refractivity contribution in [1.29, 1.82) is 5.41 Å². The maximum atomic E-state index is 8.12. The highest BCUT2D eigenvalue weighted by Crippen LogP contribution is 2.25. The van der Waals surface area contributed by atoms with Crippen LogP contribution in [0.4, 0.5) is 17.5 Å². The zero-order chi connectivity index (χ0) is 20.1. The second kappa shape index (κ2) is 9.41. The molecule has 1 aromatic carbocycles. The summed E-state index contributed by atoms with van der Waals surface area (Å²) in [6.45, 7) is 7.40. The Morgan fingerprint density at radius 2 is 1.89 bits per heavy atom. The molecule has 0 radical (unpaired) electrons. The SMILES string of the molecule is CCN1CCC(Nc2cc(C)nc(NC(=N)Nc3ccc(Cl)c(Cl)c3)n2)CC1. The molecule has 0 spiro atoms. The number of aryl methyl sites for hydroxylation is 1. The molecule has 0 amide bonds. The molecule has 1 aliphatic heterocycles. The van der Waals surface area contributed by atoms with Crippen LogP contribution in [-0.4, -0.2) is 46.5 Å². The van der Waals surface area contributed by atoms with E-state index in [9.17, 15) is 0 Å². The van der Waals surface area contributed by atoms with Crippen LogP contribution in [-0.2, 0) is 0 Å². The van der Waals surface area contributed by atoms with Crippen molar-refractivity contribution < 1.29 is 0 Å². The molecule has 0 unspecified atom stereocenters. The number of piperidine rings is 1. The molecule has 0 atom stereocenters. The molecule has 9 heteroatoms. The lowest BCUT2D eigenvalue weighted by atomic mass is 10.1. The normalized spacial score (nSPS) is 15.3. The lowest BCUT2D eigenvalue weighted by molar-refractivity contribution is 0.229. The summed E-state index contributed by atoms with van der Waals surface area (Å²) in [5, 5.41) is 18.3. The maximum Gasteiger partial charge on any atom is 0.231 e. The first-order valence-corrected chi connectivity index (χ1v) is 10.1. The number of halogens is 2. The summed E-state index contributed by atoms with van der Waals surface area (Å²) >= 11 is 11.9. The van der Waals surface area contributed by atoms with Crippen LogP contribution in [0.1, 0.15) is 25.5 Å². The van der Waals surface area contributed by atoms with Crippen LogP contribution >= 0.6 is 23.2 Å². The van der Waals surface area contributed by atoms with Gasteiger partial charge in [-0.15, -0.1) is 0 Å². The van der Waals surface area contributed by atoms with E-state index in [4.69, 9.17) is 28.6 Å².